The van der Waals surface area contributed by atoms with Gasteiger partial charge in [0.15, 0.2) is 12.4 Å². The fourth-order valence-corrected chi connectivity index (χ4v) is 2.85. The van der Waals surface area contributed by atoms with Crippen molar-refractivity contribution >= 4 is 11.0 Å². The van der Waals surface area contributed by atoms with Gasteiger partial charge in [0.2, 0.25) is 5.89 Å². The highest BCUT2D eigenvalue weighted by molar-refractivity contribution is 5.81. The first kappa shape index (κ1) is 16.1. The predicted octanol–water partition coefficient (Wildman–Crippen LogP) is 4.59. The fourth-order valence-electron chi connectivity index (χ4n) is 2.85. The van der Waals surface area contributed by atoms with Gasteiger partial charge in [0, 0.05) is 23.1 Å². The maximum atomic E-state index is 11.7. The Labute approximate surface area is 149 Å². The van der Waals surface area contributed by atoms with E-state index in [2.05, 4.69) is 4.98 Å². The molecule has 0 atom stereocenters. The first-order chi connectivity index (χ1) is 12.7. The van der Waals surface area contributed by atoms with Crippen LogP contribution in [0.5, 0.6) is 5.75 Å². The molecule has 4 rings (SSSR count). The average Bonchev–Trinajstić information content (AvgIpc) is 3.15. The van der Waals surface area contributed by atoms with Crippen molar-refractivity contribution in [2.75, 3.05) is 0 Å². The minimum absolute atomic E-state index is 0.191. The number of ether oxygens (including phenoxy) is 1. The molecule has 5 heteroatoms. The molecule has 4 aromatic rings. The largest absolute Gasteiger partial charge is 0.484 e. The Morgan fingerprint density at radius 1 is 1.04 bits per heavy atom. The molecule has 0 aliphatic carbocycles. The van der Waals surface area contributed by atoms with Crippen molar-refractivity contribution in [3.8, 4) is 17.1 Å². The summed E-state index contributed by atoms with van der Waals surface area (Å²) < 4.78 is 16.8. The molecule has 0 aliphatic rings. The Bertz CT molecular complexity index is 1100. The van der Waals surface area contributed by atoms with E-state index in [4.69, 9.17) is 13.6 Å². The Kier molecular flexibility index (Phi) is 4.27. The third-order valence-electron chi connectivity index (χ3n) is 4.16. The standard InChI is InChI=1S/C21H17NO4/c1-2-14-10-21(23)26-18-11-16(8-9-17(14)18)24-13-20-22-12-19(25-20)15-6-4-3-5-7-15/h3-12H,2,13H2,1H3. The van der Waals surface area contributed by atoms with Crippen LogP contribution >= 0.6 is 0 Å². The SMILES string of the molecule is CCc1cc(=O)oc2cc(OCc3ncc(-c4ccccc4)o3)ccc12. The summed E-state index contributed by atoms with van der Waals surface area (Å²) in [4.78, 5) is 15.9. The highest BCUT2D eigenvalue weighted by Crippen LogP contribution is 2.24. The lowest BCUT2D eigenvalue weighted by Crippen LogP contribution is -2.00. The Morgan fingerprint density at radius 3 is 2.69 bits per heavy atom. The molecule has 0 saturated heterocycles. The summed E-state index contributed by atoms with van der Waals surface area (Å²) in [6.07, 6.45) is 2.45. The van der Waals surface area contributed by atoms with Crippen molar-refractivity contribution in [3.05, 3.63) is 82.7 Å². The Hall–Kier alpha value is -3.34. The molecule has 2 aromatic heterocycles. The second kappa shape index (κ2) is 6.88. The smallest absolute Gasteiger partial charge is 0.336 e. The molecule has 0 aliphatic heterocycles. The van der Waals surface area contributed by atoms with Gasteiger partial charge in [-0.05, 0) is 24.1 Å². The summed E-state index contributed by atoms with van der Waals surface area (Å²) in [7, 11) is 0. The van der Waals surface area contributed by atoms with Crippen LogP contribution in [0.25, 0.3) is 22.3 Å². The van der Waals surface area contributed by atoms with Crippen molar-refractivity contribution in [2.45, 2.75) is 20.0 Å². The Balaban J connectivity index is 1.53. The van der Waals surface area contributed by atoms with E-state index in [-0.39, 0.29) is 12.2 Å². The van der Waals surface area contributed by atoms with Gasteiger partial charge in [0.25, 0.3) is 0 Å². The maximum Gasteiger partial charge on any atom is 0.336 e. The van der Waals surface area contributed by atoms with Crippen molar-refractivity contribution in [2.24, 2.45) is 0 Å². The number of hydrogen-bond donors (Lipinski definition) is 0. The van der Waals surface area contributed by atoms with E-state index in [9.17, 15) is 4.79 Å². The maximum absolute atomic E-state index is 11.7. The van der Waals surface area contributed by atoms with Crippen LogP contribution in [-0.2, 0) is 13.0 Å². The molecule has 0 saturated carbocycles. The highest BCUT2D eigenvalue weighted by Gasteiger charge is 2.09. The molecule has 26 heavy (non-hydrogen) atoms. The number of fused-ring (bicyclic) bond motifs is 1. The molecule has 0 fully saturated rings. The van der Waals surface area contributed by atoms with Crippen LogP contribution in [0.1, 0.15) is 18.4 Å². The topological polar surface area (TPSA) is 65.5 Å². The number of nitrogens with zero attached hydrogens (tertiary/aromatic N) is 1. The summed E-state index contributed by atoms with van der Waals surface area (Å²) in [6.45, 7) is 2.20. The quantitative estimate of drug-likeness (QED) is 0.494. The second-order valence-corrected chi connectivity index (χ2v) is 5.88. The lowest BCUT2D eigenvalue weighted by atomic mass is 10.1. The second-order valence-electron chi connectivity index (χ2n) is 5.88. The zero-order valence-electron chi connectivity index (χ0n) is 14.3. The molecule has 0 unspecified atom stereocenters. The first-order valence-electron chi connectivity index (χ1n) is 8.42. The molecule has 0 amide bonds. The van der Waals surface area contributed by atoms with Gasteiger partial charge in [-0.1, -0.05) is 37.3 Å². The molecule has 0 N–H and O–H groups in total. The van der Waals surface area contributed by atoms with Gasteiger partial charge < -0.3 is 13.6 Å². The van der Waals surface area contributed by atoms with E-state index in [0.29, 0.717) is 23.0 Å². The van der Waals surface area contributed by atoms with Gasteiger partial charge in [-0.2, -0.15) is 0 Å². The predicted molar refractivity (Wildman–Crippen MR) is 98.1 cm³/mol. The van der Waals surface area contributed by atoms with Crippen LogP contribution in [0.3, 0.4) is 0 Å². The van der Waals surface area contributed by atoms with E-state index in [1.165, 1.54) is 6.07 Å². The van der Waals surface area contributed by atoms with E-state index >= 15 is 0 Å². The number of aryl methyl sites for hydroxylation is 1. The van der Waals surface area contributed by atoms with Crippen LogP contribution < -0.4 is 10.4 Å². The molecule has 0 spiro atoms. The average molecular weight is 347 g/mol. The van der Waals surface area contributed by atoms with Gasteiger partial charge in [0.05, 0.1) is 6.20 Å². The zero-order valence-corrected chi connectivity index (χ0v) is 14.3. The third kappa shape index (κ3) is 3.24. The van der Waals surface area contributed by atoms with E-state index < -0.39 is 0 Å². The van der Waals surface area contributed by atoms with Gasteiger partial charge >= 0.3 is 5.63 Å². The van der Waals surface area contributed by atoms with Crippen molar-refractivity contribution in [1.29, 1.82) is 0 Å². The highest BCUT2D eigenvalue weighted by atomic mass is 16.5. The first-order valence-corrected chi connectivity index (χ1v) is 8.42. The van der Waals surface area contributed by atoms with E-state index in [1.807, 2.05) is 49.4 Å². The van der Waals surface area contributed by atoms with Gasteiger partial charge in [-0.3, -0.25) is 0 Å². The number of hydrogen-bond acceptors (Lipinski definition) is 5. The normalized spacial score (nSPS) is 11.0. The van der Waals surface area contributed by atoms with Gasteiger partial charge in [-0.15, -0.1) is 0 Å². The van der Waals surface area contributed by atoms with Crippen LogP contribution in [0.15, 0.2) is 74.4 Å². The minimum atomic E-state index is -0.355. The molecular weight excluding hydrogens is 330 g/mol. The number of oxazole rings is 1. The molecule has 2 aromatic carbocycles. The lowest BCUT2D eigenvalue weighted by molar-refractivity contribution is 0.264. The van der Waals surface area contributed by atoms with Crippen LogP contribution in [0, 0.1) is 0 Å². The van der Waals surface area contributed by atoms with Crippen LogP contribution in [-0.4, -0.2) is 4.98 Å². The molecule has 0 radical (unpaired) electrons. The molecular formula is C21H17NO4. The molecule has 130 valence electrons. The van der Waals surface area contributed by atoms with E-state index in [0.717, 1.165) is 22.9 Å². The molecule has 0 bridgehead atoms. The lowest BCUT2D eigenvalue weighted by Gasteiger charge is -2.06. The molecule has 5 nitrogen and oxygen atoms in total. The summed E-state index contributed by atoms with van der Waals surface area (Å²) in [5.74, 6) is 1.77. The summed E-state index contributed by atoms with van der Waals surface area (Å²) in [5.41, 5.74) is 2.09. The third-order valence-corrected chi connectivity index (χ3v) is 4.16. The van der Waals surface area contributed by atoms with E-state index in [1.54, 1.807) is 12.3 Å². The minimum Gasteiger partial charge on any atom is -0.484 e. The van der Waals surface area contributed by atoms with Crippen LogP contribution in [0.2, 0.25) is 0 Å². The summed E-state index contributed by atoms with van der Waals surface area (Å²) >= 11 is 0. The monoisotopic (exact) mass is 347 g/mol. The van der Waals surface area contributed by atoms with Crippen LogP contribution in [0.4, 0.5) is 0 Å². The summed E-state index contributed by atoms with van der Waals surface area (Å²) in [5, 5.41) is 0.918. The zero-order chi connectivity index (χ0) is 17.9. The van der Waals surface area contributed by atoms with Crippen molar-refractivity contribution < 1.29 is 13.6 Å². The molecule has 2 heterocycles. The van der Waals surface area contributed by atoms with Gasteiger partial charge in [0.1, 0.15) is 11.3 Å². The number of rotatable bonds is 5. The van der Waals surface area contributed by atoms with Gasteiger partial charge in [-0.25, -0.2) is 9.78 Å². The number of benzene rings is 2. The summed E-state index contributed by atoms with van der Waals surface area (Å²) in [6, 6.07) is 16.8. The van der Waals surface area contributed by atoms with Crippen molar-refractivity contribution in [1.82, 2.24) is 4.98 Å². The number of aromatic nitrogens is 1. The van der Waals surface area contributed by atoms with Crippen molar-refractivity contribution in [3.63, 3.8) is 0 Å². The Morgan fingerprint density at radius 2 is 1.88 bits per heavy atom. The fraction of sp³-hybridized carbons (Fsp3) is 0.143.